The topological polar surface area (TPSA) is 54.4 Å². The van der Waals surface area contributed by atoms with Gasteiger partial charge in [-0.3, -0.25) is 9.59 Å². The summed E-state index contributed by atoms with van der Waals surface area (Å²) in [5.74, 6) is -0.889. The lowest BCUT2D eigenvalue weighted by molar-refractivity contribution is -0.136. The Morgan fingerprint density at radius 1 is 1.11 bits per heavy atom. The van der Waals surface area contributed by atoms with Gasteiger partial charge in [0.25, 0.3) is 0 Å². The molecule has 92 valence electrons. The molecule has 0 aliphatic heterocycles. The van der Waals surface area contributed by atoms with E-state index in [0.29, 0.717) is 16.9 Å². The van der Waals surface area contributed by atoms with E-state index in [1.165, 1.54) is 11.3 Å². The molecule has 1 heterocycles. The molecule has 0 aliphatic carbocycles. The van der Waals surface area contributed by atoms with E-state index in [4.69, 9.17) is 5.11 Å². The maximum Gasteiger partial charge on any atom is 0.303 e. The minimum absolute atomic E-state index is 0.0361. The van der Waals surface area contributed by atoms with Crippen LogP contribution in [-0.2, 0) is 11.2 Å². The molecule has 0 saturated carbocycles. The average molecular weight is 260 g/mol. The van der Waals surface area contributed by atoms with Gasteiger partial charge in [0.05, 0.1) is 4.88 Å². The van der Waals surface area contributed by atoms with E-state index in [1.54, 1.807) is 18.2 Å². The Labute approximate surface area is 109 Å². The number of carbonyl (C=O) groups is 2. The summed E-state index contributed by atoms with van der Waals surface area (Å²) in [7, 11) is 0. The van der Waals surface area contributed by atoms with Crippen LogP contribution in [0.3, 0.4) is 0 Å². The lowest BCUT2D eigenvalue weighted by atomic mass is 9.99. The van der Waals surface area contributed by atoms with Crippen LogP contribution in [0.25, 0.3) is 0 Å². The first-order valence-corrected chi connectivity index (χ1v) is 6.44. The van der Waals surface area contributed by atoms with Crippen molar-refractivity contribution in [1.29, 1.82) is 0 Å². The van der Waals surface area contributed by atoms with Gasteiger partial charge < -0.3 is 5.11 Å². The normalized spacial score (nSPS) is 10.2. The molecule has 1 aromatic carbocycles. The van der Waals surface area contributed by atoms with Gasteiger partial charge in [-0.2, -0.15) is 0 Å². The number of carbonyl (C=O) groups excluding carboxylic acids is 1. The standard InChI is InChI=1S/C14H12O3S/c15-13(16)8-7-10-4-1-2-5-11(10)14(17)12-6-3-9-18-12/h1-6,9H,7-8H2,(H,15,16). The fourth-order valence-corrected chi connectivity index (χ4v) is 2.42. The lowest BCUT2D eigenvalue weighted by Crippen LogP contribution is -2.06. The first kappa shape index (κ1) is 12.5. The number of aryl methyl sites for hydroxylation is 1. The molecule has 1 N–H and O–H groups in total. The van der Waals surface area contributed by atoms with Crippen molar-refractivity contribution in [3.8, 4) is 0 Å². The number of thiophene rings is 1. The number of benzene rings is 1. The molecular formula is C14H12O3S. The zero-order chi connectivity index (χ0) is 13.0. The third-order valence-corrected chi connectivity index (χ3v) is 3.48. The Kier molecular flexibility index (Phi) is 3.89. The molecule has 0 bridgehead atoms. The second kappa shape index (κ2) is 5.60. The Morgan fingerprint density at radius 2 is 1.89 bits per heavy atom. The number of aliphatic carboxylic acids is 1. The van der Waals surface area contributed by atoms with Crippen LogP contribution < -0.4 is 0 Å². The van der Waals surface area contributed by atoms with E-state index >= 15 is 0 Å². The first-order chi connectivity index (χ1) is 8.68. The van der Waals surface area contributed by atoms with Gasteiger partial charge in [-0.25, -0.2) is 0 Å². The maximum atomic E-state index is 12.2. The zero-order valence-corrected chi connectivity index (χ0v) is 10.4. The van der Waals surface area contributed by atoms with E-state index in [9.17, 15) is 9.59 Å². The number of ketones is 1. The van der Waals surface area contributed by atoms with Gasteiger partial charge in [0.1, 0.15) is 0 Å². The second-order valence-corrected chi connectivity index (χ2v) is 4.81. The summed E-state index contributed by atoms with van der Waals surface area (Å²) in [4.78, 5) is 23.5. The smallest absolute Gasteiger partial charge is 0.303 e. The fourth-order valence-electron chi connectivity index (χ4n) is 1.74. The molecule has 2 aromatic rings. The molecule has 18 heavy (non-hydrogen) atoms. The third-order valence-electron chi connectivity index (χ3n) is 2.62. The van der Waals surface area contributed by atoms with Gasteiger partial charge in [-0.15, -0.1) is 11.3 Å². The highest BCUT2D eigenvalue weighted by Crippen LogP contribution is 2.19. The highest BCUT2D eigenvalue weighted by molar-refractivity contribution is 7.12. The molecule has 0 unspecified atom stereocenters. The molecule has 4 heteroatoms. The number of hydrogen-bond acceptors (Lipinski definition) is 3. The molecule has 3 nitrogen and oxygen atoms in total. The van der Waals surface area contributed by atoms with E-state index in [0.717, 1.165) is 5.56 Å². The third kappa shape index (κ3) is 2.84. The molecule has 0 saturated heterocycles. The average Bonchev–Trinajstić information content (AvgIpc) is 2.89. The molecule has 0 fully saturated rings. The van der Waals surface area contributed by atoms with Crippen LogP contribution in [-0.4, -0.2) is 16.9 Å². The molecule has 0 atom stereocenters. The van der Waals surface area contributed by atoms with Crippen LogP contribution in [0.15, 0.2) is 41.8 Å². The van der Waals surface area contributed by atoms with Crippen LogP contribution in [0.1, 0.15) is 27.2 Å². The van der Waals surface area contributed by atoms with Crippen molar-refractivity contribution in [2.24, 2.45) is 0 Å². The largest absolute Gasteiger partial charge is 0.481 e. The van der Waals surface area contributed by atoms with Gasteiger partial charge in [0, 0.05) is 12.0 Å². The molecular weight excluding hydrogens is 248 g/mol. The SMILES string of the molecule is O=C(O)CCc1ccccc1C(=O)c1cccs1. The van der Waals surface area contributed by atoms with Crippen molar-refractivity contribution < 1.29 is 14.7 Å². The molecule has 1 aromatic heterocycles. The minimum atomic E-state index is -0.853. The second-order valence-electron chi connectivity index (χ2n) is 3.86. The first-order valence-electron chi connectivity index (χ1n) is 5.56. The maximum absolute atomic E-state index is 12.2. The van der Waals surface area contributed by atoms with Crippen molar-refractivity contribution in [2.45, 2.75) is 12.8 Å². The Hall–Kier alpha value is -1.94. The minimum Gasteiger partial charge on any atom is -0.481 e. The lowest BCUT2D eigenvalue weighted by Gasteiger charge is -2.06. The summed E-state index contributed by atoms with van der Waals surface area (Å²) in [6, 6.07) is 10.8. The van der Waals surface area contributed by atoms with Gasteiger partial charge in [0.15, 0.2) is 0 Å². The number of carboxylic acid groups (broad SMARTS) is 1. The van der Waals surface area contributed by atoms with Gasteiger partial charge >= 0.3 is 5.97 Å². The predicted octanol–water partition coefficient (Wildman–Crippen LogP) is 3.00. The van der Waals surface area contributed by atoms with Gasteiger partial charge in [-0.1, -0.05) is 30.3 Å². The summed E-state index contributed by atoms with van der Waals surface area (Å²) in [6.45, 7) is 0. The quantitative estimate of drug-likeness (QED) is 0.841. The van der Waals surface area contributed by atoms with E-state index < -0.39 is 5.97 Å². The van der Waals surface area contributed by atoms with Crippen LogP contribution in [0.5, 0.6) is 0 Å². The summed E-state index contributed by atoms with van der Waals surface area (Å²) in [5.41, 5.74) is 1.39. The Bertz CT molecular complexity index is 558. The molecule has 0 amide bonds. The van der Waals surface area contributed by atoms with Crippen LogP contribution in [0.4, 0.5) is 0 Å². The predicted molar refractivity (Wildman–Crippen MR) is 70.2 cm³/mol. The summed E-state index contributed by atoms with van der Waals surface area (Å²) >= 11 is 1.39. The Morgan fingerprint density at radius 3 is 2.56 bits per heavy atom. The van der Waals surface area contributed by atoms with Crippen molar-refractivity contribution in [3.05, 3.63) is 57.8 Å². The fraction of sp³-hybridized carbons (Fsp3) is 0.143. The number of rotatable bonds is 5. The summed E-state index contributed by atoms with van der Waals surface area (Å²) < 4.78 is 0. The summed E-state index contributed by atoms with van der Waals surface area (Å²) in [5, 5.41) is 10.6. The summed E-state index contributed by atoms with van der Waals surface area (Å²) in [6.07, 6.45) is 0.414. The van der Waals surface area contributed by atoms with E-state index in [2.05, 4.69) is 0 Å². The van der Waals surface area contributed by atoms with Crippen molar-refractivity contribution >= 4 is 23.1 Å². The Balaban J connectivity index is 2.27. The van der Waals surface area contributed by atoms with E-state index in [1.807, 2.05) is 23.6 Å². The van der Waals surface area contributed by atoms with Crippen LogP contribution >= 0.6 is 11.3 Å². The van der Waals surface area contributed by atoms with Crippen molar-refractivity contribution in [2.75, 3.05) is 0 Å². The molecule has 2 rings (SSSR count). The highest BCUT2D eigenvalue weighted by Gasteiger charge is 2.14. The highest BCUT2D eigenvalue weighted by atomic mass is 32.1. The van der Waals surface area contributed by atoms with Crippen LogP contribution in [0.2, 0.25) is 0 Å². The molecule has 0 radical (unpaired) electrons. The van der Waals surface area contributed by atoms with E-state index in [-0.39, 0.29) is 12.2 Å². The van der Waals surface area contributed by atoms with Crippen LogP contribution in [0, 0.1) is 0 Å². The molecule has 0 spiro atoms. The van der Waals surface area contributed by atoms with Crippen molar-refractivity contribution in [1.82, 2.24) is 0 Å². The number of hydrogen-bond donors (Lipinski definition) is 1. The number of carboxylic acids is 1. The monoisotopic (exact) mass is 260 g/mol. The van der Waals surface area contributed by atoms with Crippen molar-refractivity contribution in [3.63, 3.8) is 0 Å². The molecule has 0 aliphatic rings. The van der Waals surface area contributed by atoms with Gasteiger partial charge in [-0.05, 0) is 23.4 Å². The zero-order valence-electron chi connectivity index (χ0n) is 9.63. The van der Waals surface area contributed by atoms with Gasteiger partial charge in [0.2, 0.25) is 5.78 Å².